The van der Waals surface area contributed by atoms with Crippen LogP contribution in [0.5, 0.6) is 0 Å². The predicted molar refractivity (Wildman–Crippen MR) is 270 cm³/mol. The van der Waals surface area contributed by atoms with Gasteiger partial charge in [0.05, 0.1) is 37.1 Å². The summed E-state index contributed by atoms with van der Waals surface area (Å²) in [5.74, 6) is -4.56. The van der Waals surface area contributed by atoms with E-state index in [1.165, 1.54) is 12.2 Å². The number of hydrogen-bond donors (Lipinski definition) is 10. The lowest BCUT2D eigenvalue weighted by molar-refractivity contribution is -0.165. The van der Waals surface area contributed by atoms with Crippen LogP contribution in [0.25, 0.3) is 0 Å². The fraction of sp³-hybridized carbons (Fsp3) is 0.686. The van der Waals surface area contributed by atoms with Crippen molar-refractivity contribution >= 4 is 27.6 Å². The molecule has 2 bridgehead atoms. The third kappa shape index (κ3) is 28.1. The van der Waals surface area contributed by atoms with E-state index < -0.39 is 120 Å². The first-order chi connectivity index (χ1) is 34.3. The van der Waals surface area contributed by atoms with Crippen molar-refractivity contribution in [3.63, 3.8) is 0 Å². The zero-order chi connectivity index (χ0) is 53.4. The van der Waals surface area contributed by atoms with Gasteiger partial charge in [-0.3, -0.25) is 23.2 Å². The van der Waals surface area contributed by atoms with E-state index in [0.29, 0.717) is 19.3 Å². The molecule has 0 radical (unpaired) electrons. The van der Waals surface area contributed by atoms with E-state index in [-0.39, 0.29) is 38.5 Å². The topological polar surface area (TPSA) is 317 Å². The van der Waals surface area contributed by atoms with Crippen LogP contribution in [0.1, 0.15) is 136 Å². The van der Waals surface area contributed by atoms with Crippen LogP contribution in [-0.2, 0) is 41.8 Å². The Morgan fingerprint density at radius 3 is 2.08 bits per heavy atom. The number of fused-ring (bicyclic) bond motifs is 4. The number of ether oxygens (including phenoxy) is 2. The molecule has 1 unspecified atom stereocenters. The highest BCUT2D eigenvalue weighted by Gasteiger charge is 2.51. The van der Waals surface area contributed by atoms with Gasteiger partial charge in [-0.1, -0.05) is 125 Å². The molecular weight excluding hydrogens is 978 g/mol. The Morgan fingerprint density at radius 1 is 0.819 bits per heavy atom. The Kier molecular flexibility index (Phi) is 33.4. The fourth-order valence-corrected chi connectivity index (χ4v) is 9.51. The van der Waals surface area contributed by atoms with Gasteiger partial charge in [0.2, 0.25) is 0 Å². The van der Waals surface area contributed by atoms with E-state index in [2.05, 4.69) is 67.7 Å². The molecule has 2 rings (SSSR count). The number of esters is 2. The minimum absolute atomic E-state index is 0.0126. The Hall–Kier alpha value is -2.94. The lowest BCUT2D eigenvalue weighted by Crippen LogP contribution is -2.56. The lowest BCUT2D eigenvalue weighted by atomic mass is 9.83. The molecule has 21 heteroatoms. The number of aliphatic hydroxyl groups is 7. The van der Waals surface area contributed by atoms with Gasteiger partial charge in [-0.25, -0.2) is 9.13 Å². The van der Waals surface area contributed by atoms with Crippen LogP contribution in [0.4, 0.5) is 0 Å². The van der Waals surface area contributed by atoms with E-state index in [0.717, 1.165) is 63.9 Å². The molecule has 1 aliphatic carbocycles. The van der Waals surface area contributed by atoms with Crippen LogP contribution in [0.15, 0.2) is 85.1 Å². The third-order valence-electron chi connectivity index (χ3n) is 12.0. The average molecular weight is 1060 g/mol. The van der Waals surface area contributed by atoms with E-state index in [9.17, 15) is 69.1 Å². The van der Waals surface area contributed by atoms with Crippen LogP contribution in [0, 0.1) is 11.8 Å². The quantitative estimate of drug-likeness (QED) is 0.0200. The predicted octanol–water partition coefficient (Wildman–Crippen LogP) is 6.55. The summed E-state index contributed by atoms with van der Waals surface area (Å²) in [6, 6.07) is 0. The summed E-state index contributed by atoms with van der Waals surface area (Å²) >= 11 is 0. The van der Waals surface area contributed by atoms with Crippen molar-refractivity contribution in [3.8, 4) is 0 Å². The van der Waals surface area contributed by atoms with Crippen molar-refractivity contribution in [2.45, 2.75) is 197 Å². The zero-order valence-electron chi connectivity index (χ0n) is 41.9. The molecule has 2 aliphatic rings. The molecule has 0 saturated heterocycles. The van der Waals surface area contributed by atoms with E-state index in [4.69, 9.17) is 23.0 Å². The lowest BCUT2D eigenvalue weighted by Gasteiger charge is -2.38. The maximum Gasteiger partial charge on any atom is 0.472 e. The molecule has 412 valence electrons. The van der Waals surface area contributed by atoms with Crippen molar-refractivity contribution in [3.05, 3.63) is 85.1 Å². The maximum atomic E-state index is 13.7. The Labute approximate surface area is 425 Å². The Balaban J connectivity index is 2.23. The average Bonchev–Trinajstić information content (AvgIpc) is 3.32. The van der Waals surface area contributed by atoms with E-state index >= 15 is 0 Å². The summed E-state index contributed by atoms with van der Waals surface area (Å²) in [5.41, 5.74) is 0. The molecule has 0 spiro atoms. The van der Waals surface area contributed by atoms with Gasteiger partial charge in [0.15, 0.2) is 6.10 Å². The molecule has 0 aromatic carbocycles. The summed E-state index contributed by atoms with van der Waals surface area (Å²) in [6.07, 6.45) is 14.9. The molecule has 10 N–H and O–H groups in total. The van der Waals surface area contributed by atoms with E-state index in [1.54, 1.807) is 6.08 Å². The number of aliphatic hydroxyl groups excluding tert-OH is 7. The van der Waals surface area contributed by atoms with Crippen LogP contribution >= 0.6 is 15.6 Å². The summed E-state index contributed by atoms with van der Waals surface area (Å²) < 4.78 is 52.2. The molecular formula is C51H84O19P2. The number of carbonyl (C=O) groups excluding carboxylic acids is 2. The second-order valence-electron chi connectivity index (χ2n) is 18.1. The molecule has 0 amide bonds. The normalized spacial score (nSPS) is 30.7. The highest BCUT2D eigenvalue weighted by atomic mass is 31.2. The summed E-state index contributed by atoms with van der Waals surface area (Å²) in [7, 11) is -11.5. The largest absolute Gasteiger partial charge is 0.472 e. The van der Waals surface area contributed by atoms with Gasteiger partial charge in [0, 0.05) is 31.1 Å². The number of carbonyl (C=O) groups is 2. The molecule has 1 aliphatic heterocycles. The summed E-state index contributed by atoms with van der Waals surface area (Å²) in [5, 5.41) is 79.7. The first kappa shape index (κ1) is 65.2. The van der Waals surface area contributed by atoms with Crippen molar-refractivity contribution < 1.29 is 92.2 Å². The van der Waals surface area contributed by atoms with Crippen molar-refractivity contribution in [1.82, 2.24) is 0 Å². The summed E-state index contributed by atoms with van der Waals surface area (Å²) in [4.78, 5) is 56.7. The maximum absolute atomic E-state index is 13.7. The van der Waals surface area contributed by atoms with Crippen molar-refractivity contribution in [1.29, 1.82) is 0 Å². The highest BCUT2D eigenvalue weighted by Crippen LogP contribution is 2.50. The van der Waals surface area contributed by atoms with Crippen LogP contribution in [-0.4, -0.2) is 137 Å². The molecule has 0 aromatic rings. The standard InChI is InChI=1S/C51H84O19P2/c1-3-5-7-8-9-10-11-12-13-14-15-16-17-18-19-20-21-22-27-31-44(55)66-36-39-37-67-72(64,65)70-51-49(60)48(59)46(57)40(30-26-23-24-28-32-45(56)68-39)42(53)35-43(54)41(34-33-38(52)29-25-6-4-2)47(58)50(51)69-71(61,62)63/h5,7,9-10,12-13,15-16,18-19,23,26,33-34,38-43,46-54,57-60H,3-4,6,8,11,14,17,20-22,24-25,27-32,35-37H2,1-2H3,(H,64,65)(H2,61,62,63)/b7-5-,10-9-,13-12-,16-15-,19-18-,26-23?,34-33+/t38-,39+,40-,41-,42-,43+,46+,47+,48-,49+,50+,51-/m0/s1. The third-order valence-corrected chi connectivity index (χ3v) is 13.5. The Morgan fingerprint density at radius 2 is 1.46 bits per heavy atom. The number of phosphoric ester groups is 2. The monoisotopic (exact) mass is 1060 g/mol. The molecule has 1 fully saturated rings. The fourth-order valence-electron chi connectivity index (χ4n) is 7.98. The molecule has 72 heavy (non-hydrogen) atoms. The summed E-state index contributed by atoms with van der Waals surface area (Å²) in [6.45, 7) is 2.43. The number of unbranched alkanes of at least 4 members (excludes halogenated alkanes) is 5. The minimum atomic E-state index is -5.77. The number of cyclic esters (lactones) is 1. The molecule has 1 heterocycles. The van der Waals surface area contributed by atoms with Crippen LogP contribution in [0.2, 0.25) is 0 Å². The number of rotatable bonds is 25. The minimum Gasteiger partial charge on any atom is -0.462 e. The van der Waals surface area contributed by atoms with Gasteiger partial charge in [0.25, 0.3) is 0 Å². The van der Waals surface area contributed by atoms with Gasteiger partial charge < -0.3 is 59.9 Å². The molecule has 1 saturated carbocycles. The van der Waals surface area contributed by atoms with Gasteiger partial charge in [-0.2, -0.15) is 0 Å². The number of phosphoric acid groups is 2. The second kappa shape index (κ2) is 36.9. The van der Waals surface area contributed by atoms with Gasteiger partial charge >= 0.3 is 27.6 Å². The number of allylic oxidation sites excluding steroid dienone is 12. The van der Waals surface area contributed by atoms with Crippen molar-refractivity contribution in [2.24, 2.45) is 11.8 Å². The SMILES string of the molecule is CC/C=C\C/C=C\C/C=C\C/C=C\C/C=C\CCCCCC(=O)OC[C@@H]1COP(=O)(O)O[C@H]2[C@H](O)[C@@H](O)[C@H](O)[C@@H](CC=CCCCC(=O)O1)[C@@H](O)C[C@@H](O)[C@H](/C=C/[C@@H](O)CCCCC)[C@@H](O)[C@H]2OP(=O)(O)O. The molecule has 19 nitrogen and oxygen atoms in total. The number of hydrogen-bond acceptors (Lipinski definition) is 16. The van der Waals surface area contributed by atoms with E-state index in [1.807, 2.05) is 6.92 Å². The van der Waals surface area contributed by atoms with Gasteiger partial charge in [-0.05, 0) is 77.0 Å². The van der Waals surface area contributed by atoms with Gasteiger partial charge in [-0.15, -0.1) is 0 Å². The second-order valence-corrected chi connectivity index (χ2v) is 20.7. The molecule has 13 atom stereocenters. The molecule has 0 aromatic heterocycles. The van der Waals surface area contributed by atoms with Crippen LogP contribution < -0.4 is 0 Å². The highest BCUT2D eigenvalue weighted by molar-refractivity contribution is 7.47. The first-order valence-electron chi connectivity index (χ1n) is 25.4. The smallest absolute Gasteiger partial charge is 0.462 e. The van der Waals surface area contributed by atoms with Crippen molar-refractivity contribution in [2.75, 3.05) is 13.2 Å². The van der Waals surface area contributed by atoms with Gasteiger partial charge in [0.1, 0.15) is 31.0 Å². The van der Waals surface area contributed by atoms with Crippen LogP contribution in [0.3, 0.4) is 0 Å². The zero-order valence-corrected chi connectivity index (χ0v) is 43.7. The Bertz CT molecular complexity index is 1830. The first-order valence-corrected chi connectivity index (χ1v) is 28.4.